The SMILES string of the molecule is CCCC1NC(=O)C(C)N(c2ccc(C)cc2Br)C1=O. The number of amides is 2. The molecule has 2 amide bonds. The lowest BCUT2D eigenvalue weighted by atomic mass is 10.0. The largest absolute Gasteiger partial charge is 0.342 e. The van der Waals surface area contributed by atoms with Gasteiger partial charge < -0.3 is 5.32 Å². The lowest BCUT2D eigenvalue weighted by Crippen LogP contribution is -2.62. The van der Waals surface area contributed by atoms with E-state index in [0.717, 1.165) is 22.1 Å². The number of nitrogens with one attached hydrogen (secondary N) is 1. The van der Waals surface area contributed by atoms with E-state index in [-0.39, 0.29) is 11.8 Å². The molecule has 1 aliphatic heterocycles. The van der Waals surface area contributed by atoms with Gasteiger partial charge in [0.15, 0.2) is 0 Å². The molecule has 20 heavy (non-hydrogen) atoms. The average Bonchev–Trinajstić information content (AvgIpc) is 2.39. The average molecular weight is 339 g/mol. The molecular weight excluding hydrogens is 320 g/mol. The topological polar surface area (TPSA) is 49.4 Å². The second-order valence-corrected chi connectivity index (χ2v) is 6.04. The van der Waals surface area contributed by atoms with Crippen molar-refractivity contribution in [2.24, 2.45) is 0 Å². The zero-order valence-corrected chi connectivity index (χ0v) is 13.5. The van der Waals surface area contributed by atoms with Gasteiger partial charge >= 0.3 is 0 Å². The van der Waals surface area contributed by atoms with Gasteiger partial charge in [-0.15, -0.1) is 0 Å². The number of hydrogen-bond donors (Lipinski definition) is 1. The molecule has 0 radical (unpaired) electrons. The Morgan fingerprint density at radius 1 is 1.35 bits per heavy atom. The second-order valence-electron chi connectivity index (χ2n) is 5.19. The molecule has 108 valence electrons. The van der Waals surface area contributed by atoms with Crippen LogP contribution >= 0.6 is 15.9 Å². The molecule has 2 rings (SSSR count). The van der Waals surface area contributed by atoms with Gasteiger partial charge in [-0.05, 0) is 53.9 Å². The van der Waals surface area contributed by atoms with Crippen LogP contribution < -0.4 is 10.2 Å². The van der Waals surface area contributed by atoms with Gasteiger partial charge in [0.05, 0.1) is 5.69 Å². The number of hydrogen-bond acceptors (Lipinski definition) is 2. The van der Waals surface area contributed by atoms with Crippen LogP contribution in [0.25, 0.3) is 0 Å². The minimum Gasteiger partial charge on any atom is -0.342 e. The summed E-state index contributed by atoms with van der Waals surface area (Å²) >= 11 is 3.49. The van der Waals surface area contributed by atoms with Crippen LogP contribution in [0.2, 0.25) is 0 Å². The van der Waals surface area contributed by atoms with Crippen LogP contribution in [-0.4, -0.2) is 23.9 Å². The number of nitrogens with zero attached hydrogens (tertiary/aromatic N) is 1. The van der Waals surface area contributed by atoms with Gasteiger partial charge in [0.2, 0.25) is 11.8 Å². The number of benzene rings is 1. The van der Waals surface area contributed by atoms with E-state index in [2.05, 4.69) is 21.2 Å². The molecule has 1 saturated heterocycles. The molecule has 0 bridgehead atoms. The molecule has 1 aliphatic rings. The quantitative estimate of drug-likeness (QED) is 0.921. The number of rotatable bonds is 3. The molecule has 0 saturated carbocycles. The lowest BCUT2D eigenvalue weighted by Gasteiger charge is -2.37. The Morgan fingerprint density at radius 2 is 2.05 bits per heavy atom. The van der Waals surface area contributed by atoms with Crippen LogP contribution in [-0.2, 0) is 9.59 Å². The molecule has 0 spiro atoms. The van der Waals surface area contributed by atoms with Crippen molar-refractivity contribution >= 4 is 33.4 Å². The van der Waals surface area contributed by atoms with Gasteiger partial charge in [-0.2, -0.15) is 0 Å². The highest BCUT2D eigenvalue weighted by Crippen LogP contribution is 2.31. The first kappa shape index (κ1) is 15.0. The van der Waals surface area contributed by atoms with E-state index in [9.17, 15) is 9.59 Å². The van der Waals surface area contributed by atoms with Crippen molar-refractivity contribution in [3.8, 4) is 0 Å². The van der Waals surface area contributed by atoms with E-state index >= 15 is 0 Å². The van der Waals surface area contributed by atoms with Gasteiger partial charge in [0.25, 0.3) is 0 Å². The first-order chi connectivity index (χ1) is 9.45. The summed E-state index contributed by atoms with van der Waals surface area (Å²) in [7, 11) is 0. The summed E-state index contributed by atoms with van der Waals surface area (Å²) in [4.78, 5) is 26.3. The van der Waals surface area contributed by atoms with Gasteiger partial charge in [0, 0.05) is 4.47 Å². The highest BCUT2D eigenvalue weighted by atomic mass is 79.9. The third kappa shape index (κ3) is 2.73. The van der Waals surface area contributed by atoms with Crippen LogP contribution in [0.15, 0.2) is 22.7 Å². The second kappa shape index (κ2) is 5.95. The number of carbonyl (C=O) groups excluding carboxylic acids is 2. The molecule has 2 unspecified atom stereocenters. The van der Waals surface area contributed by atoms with E-state index in [1.165, 1.54) is 0 Å². The molecule has 1 fully saturated rings. The standard InChI is InChI=1S/C15H19BrN2O2/c1-4-5-12-15(20)18(10(3)14(19)17-12)13-7-6-9(2)8-11(13)16/h6-8,10,12H,4-5H2,1-3H3,(H,17,19). The fourth-order valence-corrected chi connectivity index (χ4v) is 3.13. The normalized spacial score (nSPS) is 22.9. The van der Waals surface area contributed by atoms with Crippen molar-refractivity contribution in [3.05, 3.63) is 28.2 Å². The van der Waals surface area contributed by atoms with E-state index in [4.69, 9.17) is 0 Å². The van der Waals surface area contributed by atoms with Crippen molar-refractivity contribution in [1.82, 2.24) is 5.32 Å². The van der Waals surface area contributed by atoms with Crippen molar-refractivity contribution < 1.29 is 9.59 Å². The number of halogens is 1. The summed E-state index contributed by atoms with van der Waals surface area (Å²) in [5, 5.41) is 2.80. The Kier molecular flexibility index (Phi) is 4.48. The highest BCUT2D eigenvalue weighted by molar-refractivity contribution is 9.10. The van der Waals surface area contributed by atoms with Gasteiger partial charge in [0.1, 0.15) is 12.1 Å². The zero-order chi connectivity index (χ0) is 14.9. The Morgan fingerprint density at radius 3 is 2.65 bits per heavy atom. The van der Waals surface area contributed by atoms with Crippen molar-refractivity contribution in [2.75, 3.05) is 4.90 Å². The molecule has 4 nitrogen and oxygen atoms in total. The highest BCUT2D eigenvalue weighted by Gasteiger charge is 2.39. The van der Waals surface area contributed by atoms with Crippen molar-refractivity contribution in [2.45, 2.75) is 45.7 Å². The van der Waals surface area contributed by atoms with Crippen LogP contribution in [0, 0.1) is 6.92 Å². The van der Waals surface area contributed by atoms with E-state index in [1.54, 1.807) is 11.8 Å². The molecule has 0 aliphatic carbocycles. The number of carbonyl (C=O) groups is 2. The first-order valence-electron chi connectivity index (χ1n) is 6.85. The minimum absolute atomic E-state index is 0.0384. The molecule has 1 aromatic rings. The summed E-state index contributed by atoms with van der Waals surface area (Å²) < 4.78 is 0.836. The molecule has 0 aromatic heterocycles. The fraction of sp³-hybridized carbons (Fsp3) is 0.467. The van der Waals surface area contributed by atoms with Crippen LogP contribution in [0.4, 0.5) is 5.69 Å². The third-order valence-corrected chi connectivity index (χ3v) is 4.19. The fourth-order valence-electron chi connectivity index (χ4n) is 2.45. The van der Waals surface area contributed by atoms with Crippen LogP contribution in [0.5, 0.6) is 0 Å². The molecular formula is C15H19BrN2O2. The number of anilines is 1. The van der Waals surface area contributed by atoms with E-state index in [0.29, 0.717) is 6.42 Å². The summed E-state index contributed by atoms with van der Waals surface area (Å²) in [6.07, 6.45) is 1.52. The summed E-state index contributed by atoms with van der Waals surface area (Å²) in [6.45, 7) is 5.74. The number of piperazine rings is 1. The molecule has 5 heteroatoms. The number of aryl methyl sites for hydroxylation is 1. The lowest BCUT2D eigenvalue weighted by molar-refractivity contribution is -0.133. The maximum Gasteiger partial charge on any atom is 0.250 e. The monoisotopic (exact) mass is 338 g/mol. The zero-order valence-electron chi connectivity index (χ0n) is 11.9. The predicted molar refractivity (Wildman–Crippen MR) is 82.7 cm³/mol. The summed E-state index contributed by atoms with van der Waals surface area (Å²) in [6, 6.07) is 4.87. The van der Waals surface area contributed by atoms with E-state index < -0.39 is 12.1 Å². The van der Waals surface area contributed by atoms with Crippen LogP contribution in [0.3, 0.4) is 0 Å². The Labute approximate surface area is 127 Å². The van der Waals surface area contributed by atoms with Gasteiger partial charge in [-0.1, -0.05) is 19.4 Å². The Balaban J connectivity index is 2.40. The first-order valence-corrected chi connectivity index (χ1v) is 7.64. The summed E-state index contributed by atoms with van der Waals surface area (Å²) in [5.74, 6) is -0.140. The Bertz CT molecular complexity index is 545. The maximum absolute atomic E-state index is 12.6. The molecule has 1 aromatic carbocycles. The molecule has 1 N–H and O–H groups in total. The van der Waals surface area contributed by atoms with Gasteiger partial charge in [-0.25, -0.2) is 0 Å². The smallest absolute Gasteiger partial charge is 0.250 e. The minimum atomic E-state index is -0.491. The predicted octanol–water partition coefficient (Wildman–Crippen LogP) is 2.78. The van der Waals surface area contributed by atoms with Gasteiger partial charge in [-0.3, -0.25) is 14.5 Å². The van der Waals surface area contributed by atoms with Crippen LogP contribution in [0.1, 0.15) is 32.3 Å². The van der Waals surface area contributed by atoms with E-state index in [1.807, 2.05) is 32.0 Å². The Hall–Kier alpha value is -1.36. The third-order valence-electron chi connectivity index (χ3n) is 3.56. The maximum atomic E-state index is 12.6. The molecule has 2 atom stereocenters. The van der Waals surface area contributed by atoms with Crippen molar-refractivity contribution in [1.29, 1.82) is 0 Å². The molecule has 1 heterocycles. The summed E-state index contributed by atoms with van der Waals surface area (Å²) in [5.41, 5.74) is 1.86. The van der Waals surface area contributed by atoms with Crippen molar-refractivity contribution in [3.63, 3.8) is 0 Å².